The summed E-state index contributed by atoms with van der Waals surface area (Å²) >= 11 is 0. The number of benzene rings is 1. The number of aromatic nitrogens is 4. The third kappa shape index (κ3) is 4.33. The number of aromatic amines is 2. The van der Waals surface area contributed by atoms with E-state index < -0.39 is 0 Å². The third-order valence-electron chi connectivity index (χ3n) is 6.22. The fourth-order valence-corrected chi connectivity index (χ4v) is 4.60. The van der Waals surface area contributed by atoms with Crippen molar-refractivity contribution in [1.82, 2.24) is 25.1 Å². The summed E-state index contributed by atoms with van der Waals surface area (Å²) in [5.74, 6) is 1.45. The Hall–Kier alpha value is -3.16. The average molecular weight is 424 g/mol. The number of amides is 1. The van der Waals surface area contributed by atoms with E-state index >= 15 is 0 Å². The zero-order chi connectivity index (χ0) is 21.8. The second-order valence-corrected chi connectivity index (χ2v) is 8.00. The standard InChI is InChI=1S/C23H29N5O3/c1-3-28(4-2)19(29)14-31-18-12-8-7-11-16(18)20(15-9-5-6-10-15)22-25-21-17(13-24-27-21)23(30)26-22/h7-8,11-13,15,20H,3-6,9-10,14H2,1-2H3,(H2,24,25,26,27,30). The Bertz CT molecular complexity index is 1100. The van der Waals surface area contributed by atoms with Crippen molar-refractivity contribution in [2.75, 3.05) is 19.7 Å². The molecule has 1 aromatic carbocycles. The zero-order valence-corrected chi connectivity index (χ0v) is 18.1. The second-order valence-electron chi connectivity index (χ2n) is 8.00. The molecule has 0 saturated heterocycles. The smallest absolute Gasteiger partial charge is 0.262 e. The lowest BCUT2D eigenvalue weighted by Gasteiger charge is -2.25. The van der Waals surface area contributed by atoms with Gasteiger partial charge in [0, 0.05) is 24.6 Å². The van der Waals surface area contributed by atoms with Gasteiger partial charge >= 0.3 is 0 Å². The lowest BCUT2D eigenvalue weighted by atomic mass is 9.83. The van der Waals surface area contributed by atoms with Gasteiger partial charge in [-0.3, -0.25) is 14.7 Å². The van der Waals surface area contributed by atoms with Crippen LogP contribution in [0.5, 0.6) is 5.75 Å². The van der Waals surface area contributed by atoms with Crippen molar-refractivity contribution in [3.63, 3.8) is 0 Å². The maximum atomic E-state index is 12.6. The van der Waals surface area contributed by atoms with Crippen molar-refractivity contribution in [3.8, 4) is 5.75 Å². The highest BCUT2D eigenvalue weighted by atomic mass is 16.5. The molecule has 8 nitrogen and oxygen atoms in total. The summed E-state index contributed by atoms with van der Waals surface area (Å²) in [7, 11) is 0. The minimum absolute atomic E-state index is 0.0143. The van der Waals surface area contributed by atoms with Crippen molar-refractivity contribution in [3.05, 3.63) is 52.2 Å². The quantitative estimate of drug-likeness (QED) is 0.579. The van der Waals surface area contributed by atoms with Crippen LogP contribution in [-0.4, -0.2) is 50.7 Å². The first-order chi connectivity index (χ1) is 15.1. The van der Waals surface area contributed by atoms with Gasteiger partial charge in [0.25, 0.3) is 11.5 Å². The minimum atomic E-state index is -0.202. The molecule has 0 spiro atoms. The van der Waals surface area contributed by atoms with Crippen molar-refractivity contribution in [2.24, 2.45) is 5.92 Å². The van der Waals surface area contributed by atoms with Crippen LogP contribution in [0.2, 0.25) is 0 Å². The molecule has 0 aliphatic heterocycles. The van der Waals surface area contributed by atoms with E-state index in [1.54, 1.807) is 4.90 Å². The van der Waals surface area contributed by atoms with E-state index in [0.29, 0.717) is 41.6 Å². The summed E-state index contributed by atoms with van der Waals surface area (Å²) in [6.45, 7) is 5.21. The molecule has 1 amide bonds. The lowest BCUT2D eigenvalue weighted by molar-refractivity contribution is -0.132. The highest BCUT2D eigenvalue weighted by Crippen LogP contribution is 2.43. The molecule has 8 heteroatoms. The van der Waals surface area contributed by atoms with E-state index in [2.05, 4.69) is 15.2 Å². The Morgan fingerprint density at radius 1 is 1.23 bits per heavy atom. The number of para-hydroxylation sites is 1. The third-order valence-corrected chi connectivity index (χ3v) is 6.22. The van der Waals surface area contributed by atoms with Crippen LogP contribution in [0.1, 0.15) is 56.8 Å². The van der Waals surface area contributed by atoms with Crippen molar-refractivity contribution in [1.29, 1.82) is 0 Å². The molecule has 1 aliphatic carbocycles. The summed E-state index contributed by atoms with van der Waals surface area (Å²) in [6.07, 6.45) is 5.91. The van der Waals surface area contributed by atoms with Crippen molar-refractivity contribution >= 4 is 16.9 Å². The van der Waals surface area contributed by atoms with Gasteiger partial charge in [-0.05, 0) is 38.7 Å². The number of likely N-dealkylation sites (N-methyl/N-ethyl adjacent to an activating group) is 1. The summed E-state index contributed by atoms with van der Waals surface area (Å²) in [4.78, 5) is 34.5. The van der Waals surface area contributed by atoms with Crippen LogP contribution in [0.25, 0.3) is 11.0 Å². The van der Waals surface area contributed by atoms with Crippen LogP contribution in [0.15, 0.2) is 35.3 Å². The molecule has 4 rings (SSSR count). The molecule has 1 atom stereocenters. The normalized spacial score (nSPS) is 15.3. The van der Waals surface area contributed by atoms with Gasteiger partial charge in [-0.1, -0.05) is 31.0 Å². The summed E-state index contributed by atoms with van der Waals surface area (Å²) in [6, 6.07) is 7.76. The number of hydrogen-bond donors (Lipinski definition) is 2. The molecule has 3 aromatic rings. The van der Waals surface area contributed by atoms with Gasteiger partial charge < -0.3 is 14.6 Å². The molecule has 1 aliphatic rings. The number of hydrogen-bond acceptors (Lipinski definition) is 5. The Morgan fingerprint density at radius 3 is 2.71 bits per heavy atom. The Morgan fingerprint density at radius 2 is 1.97 bits per heavy atom. The van der Waals surface area contributed by atoms with Gasteiger partial charge in [-0.15, -0.1) is 0 Å². The Labute approximate surface area is 181 Å². The number of rotatable bonds is 8. The second kappa shape index (κ2) is 9.32. The minimum Gasteiger partial charge on any atom is -0.483 e. The molecular formula is C23H29N5O3. The number of fused-ring (bicyclic) bond motifs is 1. The van der Waals surface area contributed by atoms with E-state index in [4.69, 9.17) is 9.72 Å². The van der Waals surface area contributed by atoms with E-state index in [1.807, 2.05) is 38.1 Å². The monoisotopic (exact) mass is 423 g/mol. The molecule has 1 unspecified atom stereocenters. The van der Waals surface area contributed by atoms with Crippen molar-refractivity contribution in [2.45, 2.75) is 45.4 Å². The maximum Gasteiger partial charge on any atom is 0.262 e. The number of nitrogens with one attached hydrogen (secondary N) is 2. The van der Waals surface area contributed by atoms with Gasteiger partial charge in [0.2, 0.25) is 0 Å². The zero-order valence-electron chi connectivity index (χ0n) is 18.1. The molecule has 0 bridgehead atoms. The molecule has 1 saturated carbocycles. The first kappa shape index (κ1) is 21.1. The molecular weight excluding hydrogens is 394 g/mol. The lowest BCUT2D eigenvalue weighted by Crippen LogP contribution is -2.34. The molecule has 31 heavy (non-hydrogen) atoms. The van der Waals surface area contributed by atoms with Gasteiger partial charge in [-0.2, -0.15) is 5.10 Å². The number of carbonyl (C=O) groups excluding carboxylic acids is 1. The number of nitrogens with zero attached hydrogens (tertiary/aromatic N) is 3. The molecule has 2 N–H and O–H groups in total. The number of ether oxygens (including phenoxy) is 1. The molecule has 2 aromatic heterocycles. The summed E-state index contributed by atoms with van der Waals surface area (Å²) in [5, 5.41) is 7.22. The maximum absolute atomic E-state index is 12.6. The van der Waals surface area contributed by atoms with Crippen LogP contribution >= 0.6 is 0 Å². The van der Waals surface area contributed by atoms with E-state index in [1.165, 1.54) is 6.20 Å². The largest absolute Gasteiger partial charge is 0.483 e. The van der Waals surface area contributed by atoms with Crippen LogP contribution in [0, 0.1) is 5.92 Å². The average Bonchev–Trinajstić information content (AvgIpc) is 3.47. The van der Waals surface area contributed by atoms with Crippen LogP contribution in [0.3, 0.4) is 0 Å². The van der Waals surface area contributed by atoms with Gasteiger partial charge in [0.1, 0.15) is 17.0 Å². The Kier molecular flexibility index (Phi) is 6.34. The van der Waals surface area contributed by atoms with Gasteiger partial charge in [0.05, 0.1) is 6.20 Å². The van der Waals surface area contributed by atoms with Crippen LogP contribution in [-0.2, 0) is 4.79 Å². The predicted octanol–water partition coefficient (Wildman–Crippen LogP) is 3.22. The van der Waals surface area contributed by atoms with Crippen molar-refractivity contribution < 1.29 is 9.53 Å². The first-order valence-corrected chi connectivity index (χ1v) is 11.0. The topological polar surface area (TPSA) is 104 Å². The highest BCUT2D eigenvalue weighted by molar-refractivity contribution is 5.77. The van der Waals surface area contributed by atoms with Crippen LogP contribution in [0.4, 0.5) is 0 Å². The fraction of sp³-hybridized carbons (Fsp3) is 0.478. The number of carbonyl (C=O) groups is 1. The van der Waals surface area contributed by atoms with Crippen LogP contribution < -0.4 is 10.3 Å². The molecule has 0 radical (unpaired) electrons. The highest BCUT2D eigenvalue weighted by Gasteiger charge is 2.32. The van der Waals surface area contributed by atoms with E-state index in [-0.39, 0.29) is 24.0 Å². The molecule has 164 valence electrons. The summed E-state index contributed by atoms with van der Waals surface area (Å²) in [5.41, 5.74) is 1.23. The van der Waals surface area contributed by atoms with Gasteiger partial charge in [-0.25, -0.2) is 4.98 Å². The summed E-state index contributed by atoms with van der Waals surface area (Å²) < 4.78 is 6.02. The SMILES string of the molecule is CCN(CC)C(=O)COc1ccccc1C(c1nc2[nH]ncc2c(=O)[nH]1)C1CCCC1. The van der Waals surface area contributed by atoms with E-state index in [0.717, 1.165) is 31.2 Å². The predicted molar refractivity (Wildman–Crippen MR) is 118 cm³/mol. The van der Waals surface area contributed by atoms with Gasteiger partial charge in [0.15, 0.2) is 12.3 Å². The number of H-pyrrole nitrogens is 2. The Balaban J connectivity index is 1.71. The fourth-order valence-electron chi connectivity index (χ4n) is 4.60. The first-order valence-electron chi connectivity index (χ1n) is 11.0. The molecule has 2 heterocycles. The molecule has 1 fully saturated rings. The van der Waals surface area contributed by atoms with E-state index in [9.17, 15) is 9.59 Å².